The highest BCUT2D eigenvalue weighted by Crippen LogP contribution is 2.44. The predicted molar refractivity (Wildman–Crippen MR) is 227 cm³/mol. The van der Waals surface area contributed by atoms with Crippen molar-refractivity contribution in [2.24, 2.45) is 0 Å². The number of aromatic hydroxyl groups is 1. The van der Waals surface area contributed by atoms with Crippen LogP contribution in [0.3, 0.4) is 0 Å². The van der Waals surface area contributed by atoms with E-state index in [9.17, 15) is 29.7 Å². The van der Waals surface area contributed by atoms with Crippen molar-refractivity contribution in [3.63, 3.8) is 0 Å². The molecule has 4 heterocycles. The fourth-order valence-electron chi connectivity index (χ4n) is 8.34. The molecule has 3 fully saturated rings. The molecular weight excluding hydrogens is 784 g/mol. The molecule has 0 unspecified atom stereocenters. The third kappa shape index (κ3) is 9.68. The van der Waals surface area contributed by atoms with Crippen LogP contribution in [-0.4, -0.2) is 82.6 Å². The molecule has 2 bridgehead atoms. The quantitative estimate of drug-likeness (QED) is 0.0600. The van der Waals surface area contributed by atoms with Crippen LogP contribution in [0.5, 0.6) is 11.5 Å². The van der Waals surface area contributed by atoms with Crippen LogP contribution in [0.15, 0.2) is 89.7 Å². The van der Waals surface area contributed by atoms with Gasteiger partial charge < -0.3 is 40.6 Å². The predicted octanol–water partition coefficient (Wildman–Crippen LogP) is 7.17. The number of aromatic amines is 1. The summed E-state index contributed by atoms with van der Waals surface area (Å²) >= 11 is 6.61. The number of hydrogen-bond donors (Lipinski definition) is 6. The number of fused-ring (bicyclic) bond motifs is 4. The highest BCUT2D eigenvalue weighted by molar-refractivity contribution is 6.34. The van der Waals surface area contributed by atoms with Crippen molar-refractivity contribution in [2.75, 3.05) is 44.7 Å². The van der Waals surface area contributed by atoms with Gasteiger partial charge in [0.2, 0.25) is 5.56 Å². The highest BCUT2D eigenvalue weighted by atomic mass is 35.5. The monoisotopic (exact) mass is 833 g/mol. The molecule has 12 nitrogen and oxygen atoms in total. The topological polar surface area (TPSA) is 167 Å². The van der Waals surface area contributed by atoms with Gasteiger partial charge in [-0.3, -0.25) is 23.9 Å². The van der Waals surface area contributed by atoms with Crippen LogP contribution in [-0.2, 0) is 13.0 Å². The number of benzene rings is 4. The first kappa shape index (κ1) is 44.6. The van der Waals surface area contributed by atoms with Gasteiger partial charge in [0.15, 0.2) is 0 Å². The lowest BCUT2D eigenvalue weighted by atomic mass is 9.78. The summed E-state index contributed by atoms with van der Waals surface area (Å²) in [6.07, 6.45) is 2.81. The summed E-state index contributed by atoms with van der Waals surface area (Å²) in [5.74, 6) is 0.0525. The second kappa shape index (κ2) is 19.5. The molecule has 3 aliphatic rings. The molecule has 0 saturated carbocycles. The Kier molecular flexibility index (Phi) is 14.7. The van der Waals surface area contributed by atoms with Gasteiger partial charge in [-0.25, -0.2) is 4.79 Å². The van der Waals surface area contributed by atoms with Gasteiger partial charge >= 0.3 is 6.09 Å². The third-order valence-electron chi connectivity index (χ3n) is 11.4. The number of phenols is 1. The summed E-state index contributed by atoms with van der Waals surface area (Å²) in [5.41, 5.74) is 4.67. The zero-order valence-corrected chi connectivity index (χ0v) is 33.5. The zero-order chi connectivity index (χ0) is 40.1. The van der Waals surface area contributed by atoms with Crippen LogP contribution < -0.4 is 25.8 Å². The molecule has 1 aromatic heterocycles. The Labute approximate surface area is 345 Å². The molecule has 1 atom stereocenters. The number of carbonyl (C=O) groups excluding carboxylic acids is 1. The van der Waals surface area contributed by atoms with E-state index in [-0.39, 0.29) is 55.8 Å². The zero-order valence-electron chi connectivity index (χ0n) is 32.7. The number of aromatic nitrogens is 1. The maximum absolute atomic E-state index is 13.3. The minimum absolute atomic E-state index is 0. The fraction of sp³-hybridized carbons (Fsp3) is 0.341. The number of halogens is 3. The number of phenolic OH excluding ortho intramolecular Hbond substituents is 1. The van der Waals surface area contributed by atoms with E-state index in [4.69, 9.17) is 16.3 Å². The Morgan fingerprint density at radius 1 is 0.966 bits per heavy atom. The Morgan fingerprint density at radius 2 is 1.69 bits per heavy atom. The number of anilines is 1. The standard InChI is InChI=1S/C44H48ClN5O7.2FH/c1-57-39-25-34(35(45)24-30(39)26-46-27-38(52)32-12-14-37(51)41-33(32)13-15-40(53)48-41)42(54)47-19-6-5-7-28-10-11-31(29-8-3-2-4-9-29)36(23-28)50(43(55)56)44-16-20-49(21-17-44)22-18-44;;/h2-4,8-15,23-25,38,46,51-52H,5-7,16-22,26-27H2,1H3,(H,47,54)(H,48,53)(H,55,56);2*1H/t38-;;/m0../s1. The molecular formula is C44H50ClF2N5O7. The van der Waals surface area contributed by atoms with Crippen LogP contribution in [0.1, 0.15) is 65.3 Å². The molecule has 0 radical (unpaired) electrons. The first-order valence-electron chi connectivity index (χ1n) is 19.4. The van der Waals surface area contributed by atoms with Crippen LogP contribution in [0.4, 0.5) is 19.9 Å². The van der Waals surface area contributed by atoms with Gasteiger partial charge in [-0.05, 0) is 85.5 Å². The number of nitrogens with zero attached hydrogens (tertiary/aromatic N) is 2. The SMILES string of the molecule is COc1cc(C(=O)NCCCCc2ccc(-c3ccccc3)c(N(C(=O)O)C34CCN(CC3)CC4)c2)c(Cl)cc1CNC[C@H](O)c1ccc(O)c2[nH]c(=O)ccc12.F.F. The summed E-state index contributed by atoms with van der Waals surface area (Å²) in [4.78, 5) is 44.7. The van der Waals surface area contributed by atoms with Crippen molar-refractivity contribution >= 4 is 40.2 Å². The highest BCUT2D eigenvalue weighted by Gasteiger charge is 2.47. The van der Waals surface area contributed by atoms with E-state index in [0.29, 0.717) is 35.2 Å². The smallest absolute Gasteiger partial charge is 0.412 e. The number of hydrogen-bond acceptors (Lipinski definition) is 8. The van der Waals surface area contributed by atoms with Crippen molar-refractivity contribution < 1.29 is 39.1 Å². The van der Waals surface area contributed by atoms with E-state index >= 15 is 0 Å². The Hall–Kier alpha value is -5.54. The molecule has 3 saturated heterocycles. The number of aliphatic hydroxyl groups excluding tert-OH is 1. The molecule has 8 rings (SSSR count). The van der Waals surface area contributed by atoms with E-state index in [1.807, 2.05) is 42.5 Å². The van der Waals surface area contributed by atoms with Gasteiger partial charge in [-0.1, -0.05) is 60.1 Å². The molecule has 4 aromatic carbocycles. The van der Waals surface area contributed by atoms with Crippen molar-refractivity contribution in [3.05, 3.63) is 123 Å². The van der Waals surface area contributed by atoms with E-state index in [0.717, 1.165) is 74.1 Å². The maximum atomic E-state index is 13.3. The number of carbonyl (C=O) groups is 2. The molecule has 3 aliphatic heterocycles. The molecule has 2 amide bonds. The van der Waals surface area contributed by atoms with Crippen molar-refractivity contribution in [3.8, 4) is 22.6 Å². The number of rotatable bonds is 15. The summed E-state index contributed by atoms with van der Waals surface area (Å²) in [7, 11) is 1.51. The molecule has 0 spiro atoms. The number of piperidine rings is 3. The number of unbranched alkanes of at least 4 members (excludes halogenated alkanes) is 1. The van der Waals surface area contributed by atoms with Gasteiger partial charge in [0.05, 0.1) is 40.5 Å². The molecule has 5 aromatic rings. The number of amides is 2. The van der Waals surface area contributed by atoms with Crippen molar-refractivity contribution in [1.29, 1.82) is 0 Å². The van der Waals surface area contributed by atoms with Crippen LogP contribution in [0, 0.1) is 0 Å². The van der Waals surface area contributed by atoms with E-state index in [1.165, 1.54) is 19.2 Å². The normalized spacial score (nSPS) is 17.4. The number of carboxylic acid groups (broad SMARTS) is 1. The van der Waals surface area contributed by atoms with Gasteiger partial charge in [0.25, 0.3) is 5.91 Å². The number of aliphatic hydroxyl groups is 1. The number of pyridine rings is 1. The van der Waals surface area contributed by atoms with Gasteiger partial charge in [-0.15, -0.1) is 0 Å². The fourth-order valence-corrected chi connectivity index (χ4v) is 8.61. The van der Waals surface area contributed by atoms with E-state index in [2.05, 4.69) is 26.6 Å². The summed E-state index contributed by atoms with van der Waals surface area (Å²) in [6, 6.07) is 25.3. The maximum Gasteiger partial charge on any atom is 0.412 e. The number of H-pyrrole nitrogens is 1. The van der Waals surface area contributed by atoms with Gasteiger partial charge in [0, 0.05) is 61.8 Å². The number of methoxy groups -OCH3 is 1. The van der Waals surface area contributed by atoms with E-state index < -0.39 is 17.7 Å². The largest absolute Gasteiger partial charge is 0.506 e. The molecule has 6 N–H and O–H groups in total. The first-order chi connectivity index (χ1) is 27.6. The average Bonchev–Trinajstić information content (AvgIpc) is 3.22. The van der Waals surface area contributed by atoms with Crippen molar-refractivity contribution in [1.82, 2.24) is 20.5 Å². The molecule has 0 aliphatic carbocycles. The first-order valence-corrected chi connectivity index (χ1v) is 19.8. The van der Waals surface area contributed by atoms with Gasteiger partial charge in [-0.2, -0.15) is 0 Å². The number of nitrogens with one attached hydrogen (secondary N) is 3. The third-order valence-corrected chi connectivity index (χ3v) is 11.8. The van der Waals surface area contributed by atoms with Crippen molar-refractivity contribution in [2.45, 2.75) is 56.7 Å². The van der Waals surface area contributed by atoms with Crippen LogP contribution in [0.2, 0.25) is 5.02 Å². The van der Waals surface area contributed by atoms with Gasteiger partial charge in [0.1, 0.15) is 11.5 Å². The summed E-state index contributed by atoms with van der Waals surface area (Å²) < 4.78 is 5.59. The Bertz CT molecular complexity index is 2310. The van der Waals surface area contributed by atoms with Crippen LogP contribution in [0.25, 0.3) is 22.0 Å². The second-order valence-corrected chi connectivity index (χ2v) is 15.3. The Balaban J connectivity index is 0.00000331. The minimum Gasteiger partial charge on any atom is -0.506 e. The molecule has 15 heteroatoms. The lowest BCUT2D eigenvalue weighted by Crippen LogP contribution is -2.62. The summed E-state index contributed by atoms with van der Waals surface area (Å²) in [5, 5.41) is 38.8. The van der Waals surface area contributed by atoms with E-state index in [1.54, 1.807) is 29.2 Å². The number of aryl methyl sites for hydroxylation is 1. The molecule has 314 valence electrons. The number of ether oxygens (including phenoxy) is 1. The Morgan fingerprint density at radius 3 is 2.39 bits per heavy atom. The van der Waals surface area contributed by atoms with Crippen LogP contribution >= 0.6 is 11.6 Å². The average molecular weight is 834 g/mol. The second-order valence-electron chi connectivity index (χ2n) is 14.9. The minimum atomic E-state index is -0.949. The molecule has 59 heavy (non-hydrogen) atoms. The summed E-state index contributed by atoms with van der Waals surface area (Å²) in [6.45, 7) is 3.59. The lowest BCUT2D eigenvalue weighted by molar-refractivity contribution is 0.0783. The lowest BCUT2D eigenvalue weighted by Gasteiger charge is -2.53.